The summed E-state index contributed by atoms with van der Waals surface area (Å²) in [5.74, 6) is 0.803. The number of rotatable bonds is 8. The Balaban J connectivity index is 1.71. The maximum absolute atomic E-state index is 12.7. The van der Waals surface area contributed by atoms with Crippen LogP contribution in [-0.2, 0) is 0 Å². The van der Waals surface area contributed by atoms with Gasteiger partial charge < -0.3 is 14.8 Å². The van der Waals surface area contributed by atoms with Gasteiger partial charge in [-0.25, -0.2) is 0 Å². The molecule has 0 aromatic heterocycles. The van der Waals surface area contributed by atoms with Gasteiger partial charge in [-0.2, -0.15) is 0 Å². The van der Waals surface area contributed by atoms with Crippen LogP contribution in [0.4, 0.5) is 5.69 Å². The van der Waals surface area contributed by atoms with Gasteiger partial charge in [0.1, 0.15) is 11.5 Å². The third kappa shape index (κ3) is 5.23. The zero-order valence-corrected chi connectivity index (χ0v) is 16.4. The molecule has 1 amide bonds. The lowest BCUT2D eigenvalue weighted by molar-refractivity contribution is 0.0786. The van der Waals surface area contributed by atoms with Crippen molar-refractivity contribution in [2.24, 2.45) is 0 Å². The molecule has 5 nitrogen and oxygen atoms in total. The van der Waals surface area contributed by atoms with E-state index in [1.165, 1.54) is 0 Å². The molecule has 0 radical (unpaired) electrons. The van der Waals surface area contributed by atoms with Crippen molar-refractivity contribution in [2.75, 3.05) is 12.4 Å². The van der Waals surface area contributed by atoms with Crippen molar-refractivity contribution in [3.05, 3.63) is 90.0 Å². The number of ether oxygens (including phenoxy) is 2. The van der Waals surface area contributed by atoms with Crippen LogP contribution in [-0.4, -0.2) is 24.9 Å². The lowest BCUT2D eigenvalue weighted by Crippen LogP contribution is -2.26. The highest BCUT2D eigenvalue weighted by molar-refractivity contribution is 6.04. The Hall–Kier alpha value is -3.60. The molecule has 148 valence electrons. The third-order valence-electron chi connectivity index (χ3n) is 4.42. The van der Waals surface area contributed by atoms with E-state index in [1.54, 1.807) is 67.8 Å². The van der Waals surface area contributed by atoms with Gasteiger partial charge in [0.25, 0.3) is 5.91 Å². The van der Waals surface area contributed by atoms with Crippen LogP contribution in [0.5, 0.6) is 11.5 Å². The van der Waals surface area contributed by atoms with Crippen LogP contribution in [0.15, 0.2) is 78.9 Å². The fraction of sp³-hybridized carbons (Fsp3) is 0.167. The molecule has 5 heteroatoms. The molecule has 0 saturated carbocycles. The van der Waals surface area contributed by atoms with E-state index in [2.05, 4.69) is 5.32 Å². The number of Topliss-reactive ketones (excluding diaryl/α,β-unsaturated/α-hetero) is 1. The van der Waals surface area contributed by atoms with Gasteiger partial charge in [-0.15, -0.1) is 0 Å². The number of nitrogens with one attached hydrogen (secondary N) is 1. The zero-order valence-electron chi connectivity index (χ0n) is 16.4. The maximum Gasteiger partial charge on any atom is 0.255 e. The van der Waals surface area contributed by atoms with Gasteiger partial charge in [0.2, 0.25) is 5.78 Å². The summed E-state index contributed by atoms with van der Waals surface area (Å²) in [6.45, 7) is 1.90. The second-order valence-electron chi connectivity index (χ2n) is 6.46. The van der Waals surface area contributed by atoms with Gasteiger partial charge in [-0.3, -0.25) is 9.59 Å². The van der Waals surface area contributed by atoms with Gasteiger partial charge >= 0.3 is 0 Å². The number of anilines is 1. The predicted molar refractivity (Wildman–Crippen MR) is 113 cm³/mol. The zero-order chi connectivity index (χ0) is 20.6. The van der Waals surface area contributed by atoms with Crippen molar-refractivity contribution in [3.8, 4) is 11.5 Å². The van der Waals surface area contributed by atoms with Crippen molar-refractivity contribution >= 4 is 17.4 Å². The minimum Gasteiger partial charge on any atom is -0.497 e. The number of amides is 1. The third-order valence-corrected chi connectivity index (χ3v) is 4.42. The molecule has 0 bridgehead atoms. The molecular weight excluding hydrogens is 366 g/mol. The second-order valence-corrected chi connectivity index (χ2v) is 6.46. The summed E-state index contributed by atoms with van der Waals surface area (Å²) < 4.78 is 11.1. The van der Waals surface area contributed by atoms with E-state index in [1.807, 2.05) is 25.1 Å². The standard InChI is InChI=1S/C24H23NO4/c1-3-22(23(26)17-9-5-4-6-10-17)29-21-14-8-12-19(16-21)25-24(27)18-11-7-13-20(15-18)28-2/h4-16,22H,3H2,1-2H3,(H,25,27)/t22-/m1/s1. The average Bonchev–Trinajstić information content (AvgIpc) is 2.78. The van der Waals surface area contributed by atoms with Gasteiger partial charge in [-0.05, 0) is 36.8 Å². The first kappa shape index (κ1) is 20.1. The topological polar surface area (TPSA) is 64.6 Å². The van der Waals surface area contributed by atoms with Crippen molar-refractivity contribution in [2.45, 2.75) is 19.4 Å². The van der Waals surface area contributed by atoms with E-state index in [-0.39, 0.29) is 11.7 Å². The monoisotopic (exact) mass is 389 g/mol. The van der Waals surface area contributed by atoms with Crippen LogP contribution in [0.25, 0.3) is 0 Å². The van der Waals surface area contributed by atoms with Crippen LogP contribution in [0, 0.1) is 0 Å². The maximum atomic E-state index is 12.7. The molecule has 0 unspecified atom stereocenters. The molecule has 0 aliphatic rings. The molecule has 29 heavy (non-hydrogen) atoms. The first-order valence-corrected chi connectivity index (χ1v) is 9.42. The summed E-state index contributed by atoms with van der Waals surface area (Å²) >= 11 is 0. The summed E-state index contributed by atoms with van der Waals surface area (Å²) in [6.07, 6.45) is -0.0598. The van der Waals surface area contributed by atoms with Crippen LogP contribution < -0.4 is 14.8 Å². The normalized spacial score (nSPS) is 11.4. The number of carbonyl (C=O) groups is 2. The number of methoxy groups -OCH3 is 1. The van der Waals surface area contributed by atoms with Crippen molar-refractivity contribution in [1.29, 1.82) is 0 Å². The van der Waals surface area contributed by atoms with Crippen molar-refractivity contribution in [3.63, 3.8) is 0 Å². The Kier molecular flexibility index (Phi) is 6.63. The molecule has 0 heterocycles. The Labute approximate surface area is 170 Å². The summed E-state index contributed by atoms with van der Waals surface area (Å²) in [5.41, 5.74) is 1.68. The molecule has 3 aromatic carbocycles. The molecule has 1 atom stereocenters. The molecule has 3 rings (SSSR count). The SMILES string of the molecule is CC[C@@H](Oc1cccc(NC(=O)c2cccc(OC)c2)c1)C(=O)c1ccccc1. The fourth-order valence-corrected chi connectivity index (χ4v) is 2.89. The quantitative estimate of drug-likeness (QED) is 0.552. The fourth-order valence-electron chi connectivity index (χ4n) is 2.89. The Morgan fingerprint density at radius 3 is 2.28 bits per heavy atom. The van der Waals surface area contributed by atoms with E-state index < -0.39 is 6.10 Å². The Morgan fingerprint density at radius 2 is 1.55 bits per heavy atom. The first-order chi connectivity index (χ1) is 14.1. The second kappa shape index (κ2) is 9.55. The van der Waals surface area contributed by atoms with Crippen LogP contribution >= 0.6 is 0 Å². The lowest BCUT2D eigenvalue weighted by atomic mass is 10.0. The minimum absolute atomic E-state index is 0.0704. The molecular formula is C24H23NO4. The molecule has 0 aliphatic heterocycles. The van der Waals surface area contributed by atoms with E-state index >= 15 is 0 Å². The number of carbonyl (C=O) groups excluding carboxylic acids is 2. The number of ketones is 1. The average molecular weight is 389 g/mol. The highest BCUT2D eigenvalue weighted by Crippen LogP contribution is 2.22. The highest BCUT2D eigenvalue weighted by atomic mass is 16.5. The van der Waals surface area contributed by atoms with E-state index in [9.17, 15) is 9.59 Å². The summed E-state index contributed by atoms with van der Waals surface area (Å²) in [5, 5.41) is 2.84. The highest BCUT2D eigenvalue weighted by Gasteiger charge is 2.20. The van der Waals surface area contributed by atoms with E-state index in [4.69, 9.17) is 9.47 Å². The van der Waals surface area contributed by atoms with Crippen molar-refractivity contribution in [1.82, 2.24) is 0 Å². The minimum atomic E-state index is -0.596. The number of benzene rings is 3. The van der Waals surface area contributed by atoms with Gasteiger partial charge in [0, 0.05) is 22.9 Å². The van der Waals surface area contributed by atoms with E-state index in [0.29, 0.717) is 34.7 Å². The first-order valence-electron chi connectivity index (χ1n) is 9.42. The molecule has 1 N–H and O–H groups in total. The van der Waals surface area contributed by atoms with Crippen molar-refractivity contribution < 1.29 is 19.1 Å². The summed E-state index contributed by atoms with van der Waals surface area (Å²) in [6, 6.07) is 23.0. The van der Waals surface area contributed by atoms with Crippen LogP contribution in [0.3, 0.4) is 0 Å². The molecule has 0 aliphatic carbocycles. The summed E-state index contributed by atoms with van der Waals surface area (Å²) in [7, 11) is 1.55. The Morgan fingerprint density at radius 1 is 0.862 bits per heavy atom. The van der Waals surface area contributed by atoms with Gasteiger partial charge in [-0.1, -0.05) is 49.4 Å². The molecule has 0 fully saturated rings. The van der Waals surface area contributed by atoms with Crippen LogP contribution in [0.1, 0.15) is 34.1 Å². The number of hydrogen-bond acceptors (Lipinski definition) is 4. The molecule has 0 saturated heterocycles. The summed E-state index contributed by atoms with van der Waals surface area (Å²) in [4.78, 5) is 25.2. The molecule has 3 aromatic rings. The van der Waals surface area contributed by atoms with Gasteiger partial charge in [0.15, 0.2) is 6.10 Å². The predicted octanol–water partition coefficient (Wildman–Crippen LogP) is 4.99. The largest absolute Gasteiger partial charge is 0.497 e. The Bertz CT molecular complexity index is 985. The molecule has 0 spiro atoms. The smallest absolute Gasteiger partial charge is 0.255 e. The van der Waals surface area contributed by atoms with E-state index in [0.717, 1.165) is 0 Å². The lowest BCUT2D eigenvalue weighted by Gasteiger charge is -2.17. The van der Waals surface area contributed by atoms with Crippen LogP contribution in [0.2, 0.25) is 0 Å². The van der Waals surface area contributed by atoms with Gasteiger partial charge in [0.05, 0.1) is 7.11 Å². The number of hydrogen-bond donors (Lipinski definition) is 1.